The molecule has 0 bridgehead atoms. The van der Waals surface area contributed by atoms with E-state index in [4.69, 9.17) is 4.74 Å². The Kier molecular flexibility index (Phi) is 4.55. The zero-order valence-electron chi connectivity index (χ0n) is 11.6. The van der Waals surface area contributed by atoms with Gasteiger partial charge in [-0.05, 0) is 34.6 Å². The van der Waals surface area contributed by atoms with Gasteiger partial charge in [0.15, 0.2) is 0 Å². The summed E-state index contributed by atoms with van der Waals surface area (Å²) in [6.45, 7) is 11.2. The average molecular weight is 243 g/mol. The van der Waals surface area contributed by atoms with E-state index in [9.17, 15) is 9.90 Å². The predicted octanol–water partition coefficient (Wildman–Crippen LogP) is 1.42. The van der Waals surface area contributed by atoms with Gasteiger partial charge in [0.25, 0.3) is 0 Å². The van der Waals surface area contributed by atoms with Gasteiger partial charge in [0, 0.05) is 25.0 Å². The molecule has 17 heavy (non-hydrogen) atoms. The van der Waals surface area contributed by atoms with Gasteiger partial charge < -0.3 is 9.84 Å². The summed E-state index contributed by atoms with van der Waals surface area (Å²) in [6, 6.07) is 0.410. The Labute approximate surface area is 104 Å². The number of carbonyl (C=O) groups excluding carboxylic acids is 1. The Morgan fingerprint density at radius 1 is 1.41 bits per heavy atom. The summed E-state index contributed by atoms with van der Waals surface area (Å²) in [5.41, 5.74) is -0.446. The zero-order valence-corrected chi connectivity index (χ0v) is 11.6. The van der Waals surface area contributed by atoms with E-state index >= 15 is 0 Å². The standard InChI is InChI=1S/C13H25NO3/c1-9(2)14-7-10(11(15)8-14)6-12(16)17-13(3,4)5/h9-11,15H,6-8H2,1-5H3. The molecule has 1 aliphatic heterocycles. The molecule has 4 nitrogen and oxygen atoms in total. The van der Waals surface area contributed by atoms with Crippen molar-refractivity contribution < 1.29 is 14.6 Å². The Morgan fingerprint density at radius 2 is 2.00 bits per heavy atom. The number of ether oxygens (including phenoxy) is 1. The number of aliphatic hydroxyl groups excluding tert-OH is 1. The second kappa shape index (κ2) is 5.36. The number of rotatable bonds is 3. The Hall–Kier alpha value is -0.610. The van der Waals surface area contributed by atoms with E-state index < -0.39 is 11.7 Å². The summed E-state index contributed by atoms with van der Waals surface area (Å²) in [6.07, 6.45) is -0.105. The summed E-state index contributed by atoms with van der Waals surface area (Å²) in [5.74, 6) is -0.209. The van der Waals surface area contributed by atoms with Gasteiger partial charge in [0.05, 0.1) is 12.5 Å². The van der Waals surface area contributed by atoms with E-state index in [2.05, 4.69) is 18.7 Å². The molecule has 4 heteroatoms. The van der Waals surface area contributed by atoms with Crippen molar-refractivity contribution in [1.29, 1.82) is 0 Å². The summed E-state index contributed by atoms with van der Waals surface area (Å²) in [5, 5.41) is 9.91. The zero-order chi connectivity index (χ0) is 13.2. The second-order valence-electron chi connectivity index (χ2n) is 6.17. The van der Waals surface area contributed by atoms with Crippen LogP contribution in [0, 0.1) is 5.92 Å². The minimum Gasteiger partial charge on any atom is -0.460 e. The van der Waals surface area contributed by atoms with E-state index in [1.807, 2.05) is 20.8 Å². The highest BCUT2D eigenvalue weighted by Crippen LogP contribution is 2.23. The van der Waals surface area contributed by atoms with Crippen LogP contribution in [0.3, 0.4) is 0 Å². The van der Waals surface area contributed by atoms with Crippen LogP contribution < -0.4 is 0 Å². The van der Waals surface area contributed by atoms with E-state index in [-0.39, 0.29) is 11.9 Å². The summed E-state index contributed by atoms with van der Waals surface area (Å²) in [4.78, 5) is 13.9. The smallest absolute Gasteiger partial charge is 0.306 e. The normalized spacial score (nSPS) is 26.5. The number of hydrogen-bond donors (Lipinski definition) is 1. The summed E-state index contributed by atoms with van der Waals surface area (Å²) >= 11 is 0. The van der Waals surface area contributed by atoms with Crippen LogP contribution in [0.25, 0.3) is 0 Å². The maximum absolute atomic E-state index is 11.7. The van der Waals surface area contributed by atoms with Crippen LogP contribution in [-0.2, 0) is 9.53 Å². The van der Waals surface area contributed by atoms with Crippen LogP contribution in [0.15, 0.2) is 0 Å². The molecule has 1 saturated heterocycles. The van der Waals surface area contributed by atoms with Gasteiger partial charge in [-0.25, -0.2) is 0 Å². The van der Waals surface area contributed by atoms with E-state index in [0.717, 1.165) is 6.54 Å². The van der Waals surface area contributed by atoms with Crippen LogP contribution in [-0.4, -0.2) is 46.8 Å². The molecule has 1 fully saturated rings. The third kappa shape index (κ3) is 4.64. The van der Waals surface area contributed by atoms with Crippen LogP contribution in [0.1, 0.15) is 41.0 Å². The largest absolute Gasteiger partial charge is 0.460 e. The number of likely N-dealkylation sites (tertiary alicyclic amines) is 1. The molecule has 0 amide bonds. The van der Waals surface area contributed by atoms with Gasteiger partial charge in [-0.1, -0.05) is 0 Å². The van der Waals surface area contributed by atoms with Crippen molar-refractivity contribution in [2.45, 2.75) is 58.8 Å². The highest BCUT2D eigenvalue weighted by molar-refractivity contribution is 5.70. The lowest BCUT2D eigenvalue weighted by Gasteiger charge is -2.22. The molecule has 100 valence electrons. The van der Waals surface area contributed by atoms with Gasteiger partial charge in [-0.3, -0.25) is 9.69 Å². The van der Waals surface area contributed by atoms with Gasteiger partial charge in [0.1, 0.15) is 5.60 Å². The van der Waals surface area contributed by atoms with Crippen molar-refractivity contribution in [3.05, 3.63) is 0 Å². The van der Waals surface area contributed by atoms with Crippen LogP contribution >= 0.6 is 0 Å². The van der Waals surface area contributed by atoms with Crippen molar-refractivity contribution in [3.8, 4) is 0 Å². The van der Waals surface area contributed by atoms with E-state index in [1.54, 1.807) is 0 Å². The number of aliphatic hydroxyl groups is 1. The maximum atomic E-state index is 11.7. The van der Waals surface area contributed by atoms with Crippen LogP contribution in [0.2, 0.25) is 0 Å². The Balaban J connectivity index is 2.45. The van der Waals surface area contributed by atoms with Crippen molar-refractivity contribution in [1.82, 2.24) is 4.90 Å². The number of hydrogen-bond acceptors (Lipinski definition) is 4. The SMILES string of the molecule is CC(C)N1CC(O)C(CC(=O)OC(C)(C)C)C1. The molecule has 2 atom stereocenters. The lowest BCUT2D eigenvalue weighted by Crippen LogP contribution is -2.29. The highest BCUT2D eigenvalue weighted by atomic mass is 16.6. The third-order valence-electron chi connectivity index (χ3n) is 3.01. The quantitative estimate of drug-likeness (QED) is 0.762. The van der Waals surface area contributed by atoms with E-state index in [1.165, 1.54) is 0 Å². The molecule has 1 rings (SSSR count). The van der Waals surface area contributed by atoms with Gasteiger partial charge in [-0.15, -0.1) is 0 Å². The lowest BCUT2D eigenvalue weighted by molar-refractivity contribution is -0.156. The fraction of sp³-hybridized carbons (Fsp3) is 0.923. The minimum atomic E-state index is -0.446. The molecular formula is C13H25NO3. The monoisotopic (exact) mass is 243 g/mol. The van der Waals surface area contributed by atoms with Crippen molar-refractivity contribution in [3.63, 3.8) is 0 Å². The van der Waals surface area contributed by atoms with Crippen LogP contribution in [0.4, 0.5) is 0 Å². The fourth-order valence-corrected chi connectivity index (χ4v) is 2.11. The second-order valence-corrected chi connectivity index (χ2v) is 6.17. The van der Waals surface area contributed by atoms with E-state index in [0.29, 0.717) is 19.0 Å². The lowest BCUT2D eigenvalue weighted by atomic mass is 10.0. The topological polar surface area (TPSA) is 49.8 Å². The van der Waals surface area contributed by atoms with Crippen molar-refractivity contribution in [2.24, 2.45) is 5.92 Å². The first-order chi connectivity index (χ1) is 7.69. The molecule has 0 aromatic carbocycles. The molecule has 1 aliphatic rings. The molecule has 0 aromatic heterocycles. The third-order valence-corrected chi connectivity index (χ3v) is 3.01. The van der Waals surface area contributed by atoms with Gasteiger partial charge in [-0.2, -0.15) is 0 Å². The van der Waals surface area contributed by atoms with Gasteiger partial charge >= 0.3 is 5.97 Å². The van der Waals surface area contributed by atoms with Crippen molar-refractivity contribution >= 4 is 5.97 Å². The average Bonchev–Trinajstić information content (AvgIpc) is 2.44. The van der Waals surface area contributed by atoms with Crippen LogP contribution in [0.5, 0.6) is 0 Å². The first kappa shape index (κ1) is 14.5. The summed E-state index contributed by atoms with van der Waals surface area (Å²) < 4.78 is 5.28. The molecular weight excluding hydrogens is 218 g/mol. The molecule has 0 saturated carbocycles. The Bertz CT molecular complexity index is 270. The molecule has 0 spiro atoms. The summed E-state index contributed by atoms with van der Waals surface area (Å²) in [7, 11) is 0. The molecule has 1 N–H and O–H groups in total. The number of nitrogens with zero attached hydrogens (tertiary/aromatic N) is 1. The molecule has 0 aromatic rings. The first-order valence-corrected chi connectivity index (χ1v) is 6.33. The fourth-order valence-electron chi connectivity index (χ4n) is 2.11. The number of esters is 1. The Morgan fingerprint density at radius 3 is 2.41 bits per heavy atom. The molecule has 0 radical (unpaired) electrons. The predicted molar refractivity (Wildman–Crippen MR) is 66.7 cm³/mol. The molecule has 0 aliphatic carbocycles. The van der Waals surface area contributed by atoms with Gasteiger partial charge in [0.2, 0.25) is 0 Å². The molecule has 1 heterocycles. The minimum absolute atomic E-state index is 0.00671. The van der Waals surface area contributed by atoms with Crippen molar-refractivity contribution in [2.75, 3.05) is 13.1 Å². The number of carbonyl (C=O) groups is 1. The maximum Gasteiger partial charge on any atom is 0.306 e. The first-order valence-electron chi connectivity index (χ1n) is 6.33. The molecule has 2 unspecified atom stereocenters. The number of β-amino-alcohol motifs (C(OH)–C–C–N with tert-alkyl or cyclic N) is 1. The highest BCUT2D eigenvalue weighted by Gasteiger charge is 2.34.